The number of carbonyl (C=O) groups excluding carboxylic acids is 1. The molecule has 1 saturated heterocycles. The van der Waals surface area contributed by atoms with Crippen LogP contribution in [0.3, 0.4) is 0 Å². The zero-order chi connectivity index (χ0) is 27.6. The fourth-order valence-electron chi connectivity index (χ4n) is 4.31. The van der Waals surface area contributed by atoms with Gasteiger partial charge in [-0.1, -0.05) is 24.3 Å². The lowest BCUT2D eigenvalue weighted by atomic mass is 10.1. The highest BCUT2D eigenvalue weighted by atomic mass is 19.1. The molecule has 1 aliphatic rings. The van der Waals surface area contributed by atoms with Gasteiger partial charge in [-0.2, -0.15) is 5.10 Å². The molecule has 39 heavy (non-hydrogen) atoms. The molecule has 1 fully saturated rings. The molecule has 0 radical (unpaired) electrons. The van der Waals surface area contributed by atoms with Crippen LogP contribution >= 0.6 is 0 Å². The van der Waals surface area contributed by atoms with Crippen molar-refractivity contribution in [1.29, 1.82) is 0 Å². The number of nitrogens with one attached hydrogen (secondary N) is 2. The van der Waals surface area contributed by atoms with Gasteiger partial charge in [0.2, 0.25) is 5.95 Å². The third-order valence-electron chi connectivity index (χ3n) is 6.30. The third-order valence-corrected chi connectivity index (χ3v) is 6.30. The molecule has 0 saturated carbocycles. The first kappa shape index (κ1) is 27.9. The largest absolute Gasteiger partial charge is 0.493 e. The van der Waals surface area contributed by atoms with Crippen molar-refractivity contribution in [3.05, 3.63) is 72.5 Å². The molecule has 2 N–H and O–H groups in total. The van der Waals surface area contributed by atoms with Gasteiger partial charge in [-0.15, -0.1) is 0 Å². The molecule has 0 unspecified atom stereocenters. The number of likely N-dealkylation sites (tertiary alicyclic amines) is 1. The molecule has 0 aliphatic carbocycles. The maximum Gasteiger partial charge on any atom is 0.227 e. The second kappa shape index (κ2) is 13.6. The van der Waals surface area contributed by atoms with Crippen LogP contribution in [0.1, 0.15) is 30.4 Å². The van der Waals surface area contributed by atoms with Gasteiger partial charge >= 0.3 is 0 Å². The van der Waals surface area contributed by atoms with E-state index >= 15 is 0 Å². The summed E-state index contributed by atoms with van der Waals surface area (Å²) >= 11 is 0. The summed E-state index contributed by atoms with van der Waals surface area (Å²) in [5, 5.41) is 8.32. The Morgan fingerprint density at radius 1 is 1.31 bits per heavy atom. The van der Waals surface area contributed by atoms with Gasteiger partial charge in [-0.25, -0.2) is 14.4 Å². The Morgan fingerprint density at radius 2 is 2.18 bits per heavy atom. The van der Waals surface area contributed by atoms with Crippen LogP contribution in [0.15, 0.2) is 66.4 Å². The third kappa shape index (κ3) is 8.44. The highest BCUT2D eigenvalue weighted by Crippen LogP contribution is 2.27. The molecule has 1 aromatic heterocycles. The molecule has 1 atom stereocenters. The predicted molar refractivity (Wildman–Crippen MR) is 155 cm³/mol. The van der Waals surface area contributed by atoms with E-state index in [2.05, 4.69) is 38.5 Å². The summed E-state index contributed by atoms with van der Waals surface area (Å²) in [6.07, 6.45) is 8.03. The molecule has 2 heterocycles. The average Bonchev–Trinajstić information content (AvgIpc) is 3.33. The minimum absolute atomic E-state index is 0.00113. The topological polar surface area (TPSA) is 91.7 Å². The number of allylic oxidation sites excluding steroid dienone is 2. The van der Waals surface area contributed by atoms with Crippen molar-refractivity contribution in [1.82, 2.24) is 20.3 Å². The van der Waals surface area contributed by atoms with E-state index in [1.165, 1.54) is 0 Å². The van der Waals surface area contributed by atoms with Gasteiger partial charge in [0.15, 0.2) is 5.78 Å². The molecule has 9 heteroatoms. The van der Waals surface area contributed by atoms with Crippen LogP contribution in [0.25, 0.3) is 16.5 Å². The van der Waals surface area contributed by atoms with Crippen molar-refractivity contribution >= 4 is 40.1 Å². The van der Waals surface area contributed by atoms with Gasteiger partial charge in [0.05, 0.1) is 24.9 Å². The summed E-state index contributed by atoms with van der Waals surface area (Å²) in [7, 11) is 1.72. The number of hydrogen-bond acceptors (Lipinski definition) is 8. The summed E-state index contributed by atoms with van der Waals surface area (Å²) < 4.78 is 19.3. The van der Waals surface area contributed by atoms with Crippen LogP contribution in [0.4, 0.5) is 16.0 Å². The van der Waals surface area contributed by atoms with E-state index in [0.717, 1.165) is 34.1 Å². The van der Waals surface area contributed by atoms with Crippen molar-refractivity contribution in [2.24, 2.45) is 5.10 Å². The van der Waals surface area contributed by atoms with E-state index in [9.17, 15) is 9.18 Å². The number of anilines is 2. The number of hydrogen-bond donors (Lipinski definition) is 2. The lowest BCUT2D eigenvalue weighted by molar-refractivity contribution is -0.115. The number of aromatic nitrogens is 2. The average molecular weight is 531 g/mol. The highest BCUT2D eigenvalue weighted by Gasteiger charge is 2.22. The molecule has 3 aromatic rings. The molecule has 1 aliphatic heterocycles. The molecule has 204 valence electrons. The number of hydrazone groups is 1. The summed E-state index contributed by atoms with van der Waals surface area (Å²) in [5.41, 5.74) is 7.06. The number of unbranched alkanes of at least 4 members (excludes halogenated alkanes) is 1. The molecule has 0 amide bonds. The van der Waals surface area contributed by atoms with E-state index in [-0.39, 0.29) is 12.3 Å². The van der Waals surface area contributed by atoms with Crippen molar-refractivity contribution in [3.8, 4) is 5.75 Å². The number of ether oxygens (including phenoxy) is 1. The van der Waals surface area contributed by atoms with Crippen LogP contribution in [-0.2, 0) is 4.79 Å². The van der Waals surface area contributed by atoms with Gasteiger partial charge in [-0.05, 0) is 67.7 Å². The minimum Gasteiger partial charge on any atom is -0.493 e. The van der Waals surface area contributed by atoms with Gasteiger partial charge < -0.3 is 15.5 Å². The van der Waals surface area contributed by atoms with Crippen molar-refractivity contribution < 1.29 is 13.9 Å². The number of alkyl halides is 1. The van der Waals surface area contributed by atoms with Gasteiger partial charge in [0.1, 0.15) is 11.9 Å². The quantitative estimate of drug-likeness (QED) is 0.135. The van der Waals surface area contributed by atoms with Gasteiger partial charge in [-0.3, -0.25) is 9.69 Å². The summed E-state index contributed by atoms with van der Waals surface area (Å²) in [5.74, 6) is 1.15. The minimum atomic E-state index is -0.814. The molecule has 4 rings (SSSR count). The maximum absolute atomic E-state index is 13.3. The van der Waals surface area contributed by atoms with E-state index in [4.69, 9.17) is 4.74 Å². The van der Waals surface area contributed by atoms with Crippen LogP contribution in [0.5, 0.6) is 5.75 Å². The van der Waals surface area contributed by atoms with E-state index < -0.39 is 6.17 Å². The Hall–Kier alpha value is -4.11. The first-order valence-corrected chi connectivity index (χ1v) is 13.1. The summed E-state index contributed by atoms with van der Waals surface area (Å²) in [4.78, 5) is 23.0. The number of benzene rings is 2. The van der Waals surface area contributed by atoms with Crippen LogP contribution in [0.2, 0.25) is 0 Å². The fourth-order valence-corrected chi connectivity index (χ4v) is 4.31. The number of nitrogens with zero attached hydrogens (tertiary/aromatic N) is 4. The first-order valence-electron chi connectivity index (χ1n) is 13.1. The number of carbonyl (C=O) groups is 1. The fraction of sp³-hybridized carbons (Fsp3) is 0.333. The number of rotatable bonds is 13. The monoisotopic (exact) mass is 530 g/mol. The Morgan fingerprint density at radius 3 is 2.97 bits per heavy atom. The Kier molecular flexibility index (Phi) is 9.74. The molecular weight excluding hydrogens is 495 g/mol. The molecule has 0 bridgehead atoms. The Labute approximate surface area is 228 Å². The predicted octanol–water partition coefficient (Wildman–Crippen LogP) is 5.23. The summed E-state index contributed by atoms with van der Waals surface area (Å²) in [6, 6.07) is 11.8. The molecular formula is C30H35FN6O2. The molecule has 2 aromatic carbocycles. The SMILES string of the molecule is C=C(/C=N\NC)c1cc(Nc2ncc3cc(C)ccc3n2)cc(OCCC/C=C/C(=O)CN2CC[C@H](F)C2)c1. The number of aryl methyl sites for hydroxylation is 1. The standard InChI is InChI=1S/C30H35FN6O2/c1-21-8-9-29-24(13-21)18-33-30(36-29)35-26-14-23(22(2)17-34-32-3)15-28(16-26)39-12-6-4-5-7-27(38)20-37-11-10-25(31)19-37/h5,7-9,13-18,25,32H,2,4,6,10-12,19-20H2,1,3H3,(H,33,35,36)/b7-5+,34-17-/t25-/m0/s1. The van der Waals surface area contributed by atoms with E-state index in [1.54, 1.807) is 25.5 Å². The lowest BCUT2D eigenvalue weighted by Crippen LogP contribution is -2.27. The normalized spacial score (nSPS) is 15.8. The Balaban J connectivity index is 1.37. The van der Waals surface area contributed by atoms with Crippen LogP contribution in [-0.4, -0.2) is 66.3 Å². The second-order valence-corrected chi connectivity index (χ2v) is 9.61. The van der Waals surface area contributed by atoms with E-state index in [0.29, 0.717) is 49.8 Å². The molecule has 0 spiro atoms. The first-order chi connectivity index (χ1) is 18.9. The van der Waals surface area contributed by atoms with Crippen LogP contribution in [0, 0.1) is 6.92 Å². The van der Waals surface area contributed by atoms with E-state index in [1.807, 2.05) is 48.2 Å². The highest BCUT2D eigenvalue weighted by molar-refractivity contribution is 6.09. The number of ketones is 1. The molecule has 8 nitrogen and oxygen atoms in total. The lowest BCUT2D eigenvalue weighted by Gasteiger charge is -2.13. The maximum atomic E-state index is 13.3. The van der Waals surface area contributed by atoms with Crippen molar-refractivity contribution in [2.45, 2.75) is 32.4 Å². The van der Waals surface area contributed by atoms with Crippen molar-refractivity contribution in [3.63, 3.8) is 0 Å². The van der Waals surface area contributed by atoms with Gasteiger partial charge in [0, 0.05) is 43.5 Å². The van der Waals surface area contributed by atoms with Crippen LogP contribution < -0.4 is 15.5 Å². The summed E-state index contributed by atoms with van der Waals surface area (Å²) in [6.45, 7) is 7.89. The smallest absolute Gasteiger partial charge is 0.227 e. The zero-order valence-corrected chi connectivity index (χ0v) is 22.5. The second-order valence-electron chi connectivity index (χ2n) is 9.61. The number of fused-ring (bicyclic) bond motifs is 1. The van der Waals surface area contributed by atoms with Gasteiger partial charge in [0.25, 0.3) is 0 Å². The van der Waals surface area contributed by atoms with Crippen molar-refractivity contribution in [2.75, 3.05) is 38.6 Å². The Bertz CT molecular complexity index is 1370. The number of halogens is 1. The zero-order valence-electron chi connectivity index (χ0n) is 22.5.